The van der Waals surface area contributed by atoms with Crippen LogP contribution in [0.2, 0.25) is 0 Å². The number of nitrogens with one attached hydrogen (secondary N) is 2. The van der Waals surface area contributed by atoms with Gasteiger partial charge in [0.25, 0.3) is 0 Å². The first kappa shape index (κ1) is 21.5. The molecule has 158 valence electrons. The Bertz CT molecular complexity index is 849. The summed E-state index contributed by atoms with van der Waals surface area (Å²) in [4.78, 5) is 2.36. The minimum absolute atomic E-state index is 0.292. The average Bonchev–Trinajstić information content (AvgIpc) is 3.27. The molecule has 2 aromatic rings. The second-order valence-electron chi connectivity index (χ2n) is 7.47. The van der Waals surface area contributed by atoms with E-state index in [1.165, 1.54) is 0 Å². The molecule has 2 aromatic heterocycles. The van der Waals surface area contributed by atoms with Crippen LogP contribution in [0.5, 0.6) is 0 Å². The number of nitrogens with zero attached hydrogens (tertiary/aromatic N) is 5. The van der Waals surface area contributed by atoms with Gasteiger partial charge in [-0.1, -0.05) is 0 Å². The molecule has 0 aliphatic carbocycles. The van der Waals surface area contributed by atoms with Crippen molar-refractivity contribution in [3.05, 3.63) is 35.3 Å². The zero-order valence-corrected chi connectivity index (χ0v) is 18.5. The Hall–Kier alpha value is -2.23. The van der Waals surface area contributed by atoms with Crippen molar-refractivity contribution in [2.45, 2.75) is 33.7 Å². The molecule has 29 heavy (non-hydrogen) atoms. The van der Waals surface area contributed by atoms with E-state index in [4.69, 9.17) is 17.0 Å². The van der Waals surface area contributed by atoms with Gasteiger partial charge < -0.3 is 14.6 Å². The van der Waals surface area contributed by atoms with Crippen LogP contribution in [0.4, 0.5) is 0 Å². The standard InChI is InChI=1S/C20H31N7OS/c1-15(2)27-19(5-6-23-27)26-16(3)13-18(17(26)4)14-22-24-20(29)21-7-8-25-9-11-28-12-10-25/h5-6,13-15H,7-12H2,1-4H3,(H2,21,24,29)/b22-14-. The van der Waals surface area contributed by atoms with Crippen molar-refractivity contribution >= 4 is 23.5 Å². The van der Waals surface area contributed by atoms with E-state index in [9.17, 15) is 0 Å². The Morgan fingerprint density at radius 2 is 2.10 bits per heavy atom. The number of aryl methyl sites for hydroxylation is 1. The van der Waals surface area contributed by atoms with E-state index in [2.05, 4.69) is 64.2 Å². The molecule has 9 heteroatoms. The summed E-state index contributed by atoms with van der Waals surface area (Å²) in [5.41, 5.74) is 6.20. The minimum Gasteiger partial charge on any atom is -0.379 e. The summed E-state index contributed by atoms with van der Waals surface area (Å²) in [6.07, 6.45) is 3.65. The number of ether oxygens (including phenoxy) is 1. The van der Waals surface area contributed by atoms with Gasteiger partial charge >= 0.3 is 0 Å². The van der Waals surface area contributed by atoms with Crippen LogP contribution in [0.3, 0.4) is 0 Å². The lowest BCUT2D eigenvalue weighted by molar-refractivity contribution is 0.0389. The van der Waals surface area contributed by atoms with Crippen LogP contribution in [-0.4, -0.2) is 70.0 Å². The molecule has 0 atom stereocenters. The van der Waals surface area contributed by atoms with Gasteiger partial charge in [0, 0.05) is 55.2 Å². The number of morpholine rings is 1. The van der Waals surface area contributed by atoms with E-state index in [0.29, 0.717) is 11.2 Å². The first-order chi connectivity index (χ1) is 14.0. The highest BCUT2D eigenvalue weighted by Crippen LogP contribution is 2.21. The zero-order chi connectivity index (χ0) is 20.8. The molecule has 0 bridgehead atoms. The van der Waals surface area contributed by atoms with Gasteiger partial charge in [0.1, 0.15) is 5.82 Å². The van der Waals surface area contributed by atoms with Crippen molar-refractivity contribution in [2.75, 3.05) is 39.4 Å². The van der Waals surface area contributed by atoms with E-state index in [0.717, 1.165) is 62.2 Å². The van der Waals surface area contributed by atoms with E-state index < -0.39 is 0 Å². The SMILES string of the molecule is Cc1cc(/C=N\NC(=S)NCCN2CCOCC2)c(C)n1-c1ccnn1C(C)C. The van der Waals surface area contributed by atoms with Crippen LogP contribution in [0.15, 0.2) is 23.4 Å². The largest absolute Gasteiger partial charge is 0.379 e. The summed E-state index contributed by atoms with van der Waals surface area (Å²) < 4.78 is 9.58. The van der Waals surface area contributed by atoms with Crippen LogP contribution >= 0.6 is 12.2 Å². The lowest BCUT2D eigenvalue weighted by Crippen LogP contribution is -2.42. The highest BCUT2D eigenvalue weighted by atomic mass is 32.1. The molecule has 0 unspecified atom stereocenters. The van der Waals surface area contributed by atoms with Crippen molar-refractivity contribution in [3.8, 4) is 5.82 Å². The topological polar surface area (TPSA) is 71.6 Å². The Morgan fingerprint density at radius 3 is 2.83 bits per heavy atom. The Balaban J connectivity index is 1.55. The number of aromatic nitrogens is 3. The number of hydrogen-bond acceptors (Lipinski definition) is 5. The molecular weight excluding hydrogens is 386 g/mol. The zero-order valence-electron chi connectivity index (χ0n) is 17.7. The van der Waals surface area contributed by atoms with Crippen LogP contribution in [-0.2, 0) is 4.74 Å². The quantitative estimate of drug-likeness (QED) is 0.408. The highest BCUT2D eigenvalue weighted by molar-refractivity contribution is 7.80. The van der Waals surface area contributed by atoms with Gasteiger partial charge in [-0.2, -0.15) is 10.2 Å². The van der Waals surface area contributed by atoms with E-state index in [1.807, 2.05) is 23.2 Å². The van der Waals surface area contributed by atoms with Gasteiger partial charge in [0.15, 0.2) is 5.11 Å². The molecule has 0 radical (unpaired) electrons. The first-order valence-electron chi connectivity index (χ1n) is 10.1. The number of rotatable bonds is 7. The molecule has 1 aliphatic heterocycles. The maximum atomic E-state index is 5.36. The summed E-state index contributed by atoms with van der Waals surface area (Å²) in [7, 11) is 0. The molecule has 0 spiro atoms. The summed E-state index contributed by atoms with van der Waals surface area (Å²) in [6, 6.07) is 4.45. The van der Waals surface area contributed by atoms with Crippen LogP contribution in [0.1, 0.15) is 36.8 Å². The number of hydrogen-bond donors (Lipinski definition) is 2. The van der Waals surface area contributed by atoms with Gasteiger partial charge in [-0.05, 0) is 46.0 Å². The monoisotopic (exact) mass is 417 g/mol. The second kappa shape index (κ2) is 10.00. The first-order valence-corrected chi connectivity index (χ1v) is 10.5. The third kappa shape index (κ3) is 5.43. The van der Waals surface area contributed by atoms with E-state index in [-0.39, 0.29) is 0 Å². The highest BCUT2D eigenvalue weighted by Gasteiger charge is 2.14. The third-order valence-electron chi connectivity index (χ3n) is 5.02. The lowest BCUT2D eigenvalue weighted by atomic mass is 10.3. The van der Waals surface area contributed by atoms with Crippen LogP contribution in [0.25, 0.3) is 5.82 Å². The number of hydrazone groups is 1. The van der Waals surface area contributed by atoms with Gasteiger partial charge in [-0.3, -0.25) is 10.3 Å². The van der Waals surface area contributed by atoms with Gasteiger partial charge in [0.05, 0.1) is 25.6 Å². The third-order valence-corrected chi connectivity index (χ3v) is 5.26. The molecular formula is C20H31N7OS. The normalized spacial score (nSPS) is 15.3. The fraction of sp³-hybridized carbons (Fsp3) is 0.550. The summed E-state index contributed by atoms with van der Waals surface area (Å²) in [5.74, 6) is 1.06. The Kier molecular flexibility index (Phi) is 7.40. The maximum Gasteiger partial charge on any atom is 0.187 e. The van der Waals surface area contributed by atoms with E-state index in [1.54, 1.807) is 0 Å². The van der Waals surface area contributed by atoms with Crippen molar-refractivity contribution in [1.29, 1.82) is 0 Å². The van der Waals surface area contributed by atoms with Crippen LogP contribution in [0, 0.1) is 13.8 Å². The molecule has 0 amide bonds. The molecule has 2 N–H and O–H groups in total. The van der Waals surface area contributed by atoms with Gasteiger partial charge in [-0.25, -0.2) is 4.68 Å². The molecule has 0 saturated carbocycles. The molecule has 8 nitrogen and oxygen atoms in total. The predicted molar refractivity (Wildman–Crippen MR) is 120 cm³/mol. The Morgan fingerprint density at radius 1 is 1.34 bits per heavy atom. The summed E-state index contributed by atoms with van der Waals surface area (Å²) in [6.45, 7) is 13.7. The van der Waals surface area contributed by atoms with Crippen LogP contribution < -0.4 is 10.7 Å². The smallest absolute Gasteiger partial charge is 0.187 e. The fourth-order valence-electron chi connectivity index (χ4n) is 3.51. The van der Waals surface area contributed by atoms with Crippen molar-refractivity contribution in [2.24, 2.45) is 5.10 Å². The minimum atomic E-state index is 0.292. The molecule has 1 saturated heterocycles. The second-order valence-corrected chi connectivity index (χ2v) is 7.88. The van der Waals surface area contributed by atoms with Crippen molar-refractivity contribution in [1.82, 2.24) is 30.0 Å². The summed E-state index contributed by atoms with van der Waals surface area (Å²) >= 11 is 5.31. The Labute approximate surface area is 177 Å². The molecule has 1 aliphatic rings. The maximum absolute atomic E-state index is 5.36. The van der Waals surface area contributed by atoms with Gasteiger partial charge in [-0.15, -0.1) is 0 Å². The lowest BCUT2D eigenvalue weighted by Gasteiger charge is -2.26. The average molecular weight is 418 g/mol. The molecule has 3 heterocycles. The fourth-order valence-corrected chi connectivity index (χ4v) is 3.66. The molecule has 3 rings (SSSR count). The molecule has 0 aromatic carbocycles. The summed E-state index contributed by atoms with van der Waals surface area (Å²) in [5, 5.41) is 12.5. The molecule has 1 fully saturated rings. The van der Waals surface area contributed by atoms with Gasteiger partial charge in [0.2, 0.25) is 0 Å². The predicted octanol–water partition coefficient (Wildman–Crippen LogP) is 2.00. The van der Waals surface area contributed by atoms with Crippen molar-refractivity contribution in [3.63, 3.8) is 0 Å². The number of thiocarbonyl (C=S) groups is 1. The van der Waals surface area contributed by atoms with E-state index >= 15 is 0 Å². The van der Waals surface area contributed by atoms with Crippen molar-refractivity contribution < 1.29 is 4.74 Å².